The van der Waals surface area contributed by atoms with Crippen molar-refractivity contribution in [2.24, 2.45) is 11.8 Å². The summed E-state index contributed by atoms with van der Waals surface area (Å²) in [5.41, 5.74) is 0. The minimum absolute atomic E-state index is 0.145. The van der Waals surface area contributed by atoms with Gasteiger partial charge in [-0.25, -0.2) is 0 Å². The average molecular weight is 368 g/mol. The van der Waals surface area contributed by atoms with Gasteiger partial charge in [-0.3, -0.25) is 14.5 Å². The molecular formula is C19H33N3O2S. The number of likely N-dealkylation sites (tertiary alicyclic amines) is 2. The first-order valence-corrected chi connectivity index (χ1v) is 11.1. The third kappa shape index (κ3) is 5.13. The highest BCUT2D eigenvalue weighted by molar-refractivity contribution is 7.99. The molecule has 3 rings (SSSR count). The van der Waals surface area contributed by atoms with Gasteiger partial charge in [-0.1, -0.05) is 13.8 Å². The molecule has 0 aromatic heterocycles. The first-order valence-electron chi connectivity index (χ1n) is 9.90. The minimum Gasteiger partial charge on any atom is -0.341 e. The third-order valence-electron chi connectivity index (χ3n) is 5.80. The van der Waals surface area contributed by atoms with Gasteiger partial charge in [-0.15, -0.1) is 0 Å². The van der Waals surface area contributed by atoms with Crippen LogP contribution in [0.4, 0.5) is 0 Å². The molecule has 142 valence electrons. The Morgan fingerprint density at radius 3 is 2.48 bits per heavy atom. The molecule has 3 saturated heterocycles. The van der Waals surface area contributed by atoms with Gasteiger partial charge >= 0.3 is 0 Å². The molecule has 0 unspecified atom stereocenters. The molecule has 0 aromatic carbocycles. The fourth-order valence-electron chi connectivity index (χ4n) is 4.52. The van der Waals surface area contributed by atoms with Crippen LogP contribution in [0.5, 0.6) is 0 Å². The fourth-order valence-corrected chi connectivity index (χ4v) is 5.45. The lowest BCUT2D eigenvalue weighted by Crippen LogP contribution is -2.50. The summed E-state index contributed by atoms with van der Waals surface area (Å²) >= 11 is 2.05. The maximum Gasteiger partial charge on any atom is 0.242 e. The van der Waals surface area contributed by atoms with E-state index in [4.69, 9.17) is 0 Å². The molecule has 3 heterocycles. The van der Waals surface area contributed by atoms with Gasteiger partial charge in [0, 0.05) is 56.7 Å². The molecule has 25 heavy (non-hydrogen) atoms. The Balaban J connectivity index is 1.42. The van der Waals surface area contributed by atoms with E-state index in [2.05, 4.69) is 18.7 Å². The molecular weight excluding hydrogens is 334 g/mol. The molecule has 0 radical (unpaired) electrons. The number of carbonyl (C=O) groups excluding carboxylic acids is 2. The molecule has 2 amide bonds. The Morgan fingerprint density at radius 1 is 1.16 bits per heavy atom. The molecule has 0 aromatic rings. The van der Waals surface area contributed by atoms with Gasteiger partial charge in [0.15, 0.2) is 0 Å². The zero-order valence-electron chi connectivity index (χ0n) is 15.8. The van der Waals surface area contributed by atoms with Crippen molar-refractivity contribution < 1.29 is 9.59 Å². The van der Waals surface area contributed by atoms with E-state index in [0.29, 0.717) is 30.8 Å². The lowest BCUT2D eigenvalue weighted by Gasteiger charge is -2.40. The highest BCUT2D eigenvalue weighted by Crippen LogP contribution is 2.25. The van der Waals surface area contributed by atoms with Crippen molar-refractivity contribution >= 4 is 23.6 Å². The van der Waals surface area contributed by atoms with E-state index in [1.54, 1.807) is 4.90 Å². The van der Waals surface area contributed by atoms with E-state index in [1.165, 1.54) is 24.6 Å². The molecule has 0 bridgehead atoms. The number of piperidine rings is 1. The SMILES string of the molecule is CC(C)C[C@@H]1CC(=O)N(CC(=O)N2CCC(N3CCSCC3)CC2)C1. The van der Waals surface area contributed by atoms with Crippen molar-refractivity contribution in [3.63, 3.8) is 0 Å². The first-order chi connectivity index (χ1) is 12.0. The monoisotopic (exact) mass is 367 g/mol. The van der Waals surface area contributed by atoms with E-state index >= 15 is 0 Å². The summed E-state index contributed by atoms with van der Waals surface area (Å²) < 4.78 is 0. The molecule has 3 fully saturated rings. The summed E-state index contributed by atoms with van der Waals surface area (Å²) in [6.45, 7) is 9.55. The molecule has 0 spiro atoms. The molecule has 0 N–H and O–H groups in total. The van der Waals surface area contributed by atoms with Gasteiger partial charge < -0.3 is 9.80 Å². The van der Waals surface area contributed by atoms with Crippen LogP contribution in [0.2, 0.25) is 0 Å². The predicted molar refractivity (Wildman–Crippen MR) is 103 cm³/mol. The summed E-state index contributed by atoms with van der Waals surface area (Å²) in [5.74, 6) is 3.84. The zero-order valence-corrected chi connectivity index (χ0v) is 16.6. The number of amides is 2. The van der Waals surface area contributed by atoms with Crippen LogP contribution < -0.4 is 0 Å². The minimum atomic E-state index is 0.145. The van der Waals surface area contributed by atoms with Gasteiger partial charge in [0.05, 0.1) is 6.54 Å². The van der Waals surface area contributed by atoms with E-state index < -0.39 is 0 Å². The Bertz CT molecular complexity index is 471. The summed E-state index contributed by atoms with van der Waals surface area (Å²) in [7, 11) is 0. The van der Waals surface area contributed by atoms with E-state index in [9.17, 15) is 9.59 Å². The molecule has 3 aliphatic rings. The number of nitrogens with zero attached hydrogens (tertiary/aromatic N) is 3. The Labute approximate surface area is 156 Å². The van der Waals surface area contributed by atoms with Crippen molar-refractivity contribution in [3.05, 3.63) is 0 Å². The quantitative estimate of drug-likeness (QED) is 0.745. The largest absolute Gasteiger partial charge is 0.341 e. The normalized spacial score (nSPS) is 26.7. The van der Waals surface area contributed by atoms with Crippen molar-refractivity contribution in [1.82, 2.24) is 14.7 Å². The number of thioether (sulfide) groups is 1. The Kier molecular flexibility index (Phi) is 6.67. The van der Waals surface area contributed by atoms with Gasteiger partial charge in [-0.2, -0.15) is 11.8 Å². The van der Waals surface area contributed by atoms with Gasteiger partial charge in [-0.05, 0) is 31.1 Å². The fraction of sp³-hybridized carbons (Fsp3) is 0.895. The molecule has 5 nitrogen and oxygen atoms in total. The smallest absolute Gasteiger partial charge is 0.242 e. The lowest BCUT2D eigenvalue weighted by atomic mass is 9.96. The van der Waals surface area contributed by atoms with Crippen LogP contribution in [0, 0.1) is 11.8 Å². The lowest BCUT2D eigenvalue weighted by molar-refractivity contribution is -0.139. The van der Waals surface area contributed by atoms with Crippen LogP contribution in [-0.2, 0) is 9.59 Å². The Hall–Kier alpha value is -0.750. The van der Waals surface area contributed by atoms with Crippen molar-refractivity contribution in [2.75, 3.05) is 50.8 Å². The standard InChI is InChI=1S/C19H33N3O2S/c1-15(2)11-16-12-18(23)22(13-16)14-19(24)21-5-3-17(4-6-21)20-7-9-25-10-8-20/h15-17H,3-14H2,1-2H3/t16-/m1/s1. The summed E-state index contributed by atoms with van der Waals surface area (Å²) in [5, 5.41) is 0. The number of hydrogen-bond donors (Lipinski definition) is 0. The van der Waals surface area contributed by atoms with Gasteiger partial charge in [0.1, 0.15) is 0 Å². The summed E-state index contributed by atoms with van der Waals surface area (Å²) in [6.07, 6.45) is 3.87. The number of carbonyl (C=O) groups is 2. The summed E-state index contributed by atoms with van der Waals surface area (Å²) in [6, 6.07) is 0.647. The van der Waals surface area contributed by atoms with E-state index in [0.717, 1.165) is 38.9 Å². The molecule has 0 aliphatic carbocycles. The van der Waals surface area contributed by atoms with Crippen LogP contribution in [0.25, 0.3) is 0 Å². The second kappa shape index (κ2) is 8.76. The predicted octanol–water partition coefficient (Wildman–Crippen LogP) is 1.92. The zero-order chi connectivity index (χ0) is 17.8. The topological polar surface area (TPSA) is 43.9 Å². The van der Waals surface area contributed by atoms with Crippen molar-refractivity contribution in [3.8, 4) is 0 Å². The molecule has 6 heteroatoms. The molecule has 1 atom stereocenters. The highest BCUT2D eigenvalue weighted by atomic mass is 32.2. The van der Waals surface area contributed by atoms with E-state index in [1.807, 2.05) is 16.7 Å². The van der Waals surface area contributed by atoms with Crippen LogP contribution in [-0.4, -0.2) is 83.3 Å². The highest BCUT2D eigenvalue weighted by Gasteiger charge is 2.33. The van der Waals surface area contributed by atoms with Gasteiger partial charge in [0.2, 0.25) is 11.8 Å². The van der Waals surface area contributed by atoms with E-state index in [-0.39, 0.29) is 11.8 Å². The number of rotatable bonds is 5. The van der Waals surface area contributed by atoms with Crippen LogP contribution in [0.3, 0.4) is 0 Å². The number of hydrogen-bond acceptors (Lipinski definition) is 4. The van der Waals surface area contributed by atoms with Crippen LogP contribution >= 0.6 is 11.8 Å². The van der Waals surface area contributed by atoms with Crippen molar-refractivity contribution in [2.45, 2.75) is 45.6 Å². The molecule has 3 aliphatic heterocycles. The maximum absolute atomic E-state index is 12.6. The summed E-state index contributed by atoms with van der Waals surface area (Å²) in [4.78, 5) is 31.2. The third-order valence-corrected chi connectivity index (χ3v) is 6.75. The van der Waals surface area contributed by atoms with Crippen LogP contribution in [0.15, 0.2) is 0 Å². The van der Waals surface area contributed by atoms with Crippen LogP contribution in [0.1, 0.15) is 39.5 Å². The maximum atomic E-state index is 12.6. The molecule has 0 saturated carbocycles. The Morgan fingerprint density at radius 2 is 1.84 bits per heavy atom. The van der Waals surface area contributed by atoms with Gasteiger partial charge in [0.25, 0.3) is 0 Å². The second-order valence-corrected chi connectivity index (χ2v) is 9.46. The average Bonchev–Trinajstić information content (AvgIpc) is 2.94. The van der Waals surface area contributed by atoms with Crippen molar-refractivity contribution in [1.29, 1.82) is 0 Å². The first kappa shape index (κ1) is 19.0. The second-order valence-electron chi connectivity index (χ2n) is 8.23.